The molecule has 0 radical (unpaired) electrons. The van der Waals surface area contributed by atoms with E-state index in [1.807, 2.05) is 37.2 Å². The lowest BCUT2D eigenvalue weighted by molar-refractivity contribution is 0.222. The molecule has 8 heteroatoms. The Morgan fingerprint density at radius 3 is 2.60 bits per heavy atom. The van der Waals surface area contributed by atoms with Gasteiger partial charge in [-0.25, -0.2) is 13.9 Å². The number of benzene rings is 2. The lowest BCUT2D eigenvalue weighted by Gasteiger charge is -2.16. The van der Waals surface area contributed by atoms with Crippen LogP contribution in [-0.2, 0) is 0 Å². The fourth-order valence-electron chi connectivity index (χ4n) is 3.56. The van der Waals surface area contributed by atoms with E-state index in [2.05, 4.69) is 10.4 Å². The smallest absolute Gasteiger partial charge is 0.323 e. The average Bonchev–Trinajstić information content (AvgIpc) is 3.38. The third-order valence-corrected chi connectivity index (χ3v) is 5.16. The largest absolute Gasteiger partial charge is 0.491 e. The predicted octanol–water partition coefficient (Wildman–Crippen LogP) is 3.73. The molecule has 0 spiro atoms. The minimum absolute atomic E-state index is 0.166. The van der Waals surface area contributed by atoms with E-state index in [1.165, 1.54) is 12.1 Å². The van der Waals surface area contributed by atoms with Gasteiger partial charge in [-0.3, -0.25) is 5.32 Å². The third-order valence-electron chi connectivity index (χ3n) is 5.16. The van der Waals surface area contributed by atoms with Crippen LogP contribution >= 0.6 is 0 Å². The summed E-state index contributed by atoms with van der Waals surface area (Å²) in [7, 11) is 3.97. The first-order valence-electron chi connectivity index (χ1n) is 10.1. The van der Waals surface area contributed by atoms with Crippen molar-refractivity contribution in [2.75, 3.05) is 45.7 Å². The second kappa shape index (κ2) is 8.71. The molecule has 30 heavy (non-hydrogen) atoms. The van der Waals surface area contributed by atoms with Crippen LogP contribution in [-0.4, -0.2) is 65.9 Å². The summed E-state index contributed by atoms with van der Waals surface area (Å²) in [5.74, 6) is 0.775. The van der Waals surface area contributed by atoms with Gasteiger partial charge in [-0.1, -0.05) is 6.07 Å². The zero-order chi connectivity index (χ0) is 21.1. The molecule has 1 N–H and O–H groups in total. The number of ether oxygens (including phenoxy) is 1. The molecule has 1 aliphatic rings. The molecule has 0 bridgehead atoms. The van der Waals surface area contributed by atoms with Crippen molar-refractivity contribution >= 4 is 22.8 Å². The normalized spacial score (nSPS) is 13.9. The Balaban J connectivity index is 1.74. The number of likely N-dealkylation sites (tertiary alicyclic amines) is 1. The van der Waals surface area contributed by atoms with Gasteiger partial charge in [-0.15, -0.1) is 5.10 Å². The number of fused-ring (bicyclic) bond motifs is 1. The van der Waals surface area contributed by atoms with E-state index in [-0.39, 0.29) is 11.8 Å². The van der Waals surface area contributed by atoms with E-state index in [0.29, 0.717) is 23.9 Å². The molecule has 0 saturated carbocycles. The van der Waals surface area contributed by atoms with Gasteiger partial charge in [-0.2, -0.15) is 0 Å². The molecule has 0 aliphatic carbocycles. The van der Waals surface area contributed by atoms with Gasteiger partial charge >= 0.3 is 6.03 Å². The lowest BCUT2D eigenvalue weighted by atomic mass is 10.2. The molecule has 2 amide bonds. The number of nitrogens with one attached hydrogen (secondary N) is 1. The topological polar surface area (TPSA) is 62.6 Å². The third kappa shape index (κ3) is 4.23. The van der Waals surface area contributed by atoms with Crippen LogP contribution in [0.25, 0.3) is 16.6 Å². The van der Waals surface area contributed by atoms with Crippen LogP contribution in [0.1, 0.15) is 12.8 Å². The molecule has 1 fully saturated rings. The number of hydrogen-bond acceptors (Lipinski definition) is 4. The summed E-state index contributed by atoms with van der Waals surface area (Å²) in [6.45, 7) is 2.76. The molecule has 0 unspecified atom stereocenters. The monoisotopic (exact) mass is 411 g/mol. The summed E-state index contributed by atoms with van der Waals surface area (Å²) in [6.07, 6.45) is 2.02. The van der Waals surface area contributed by atoms with Crippen LogP contribution < -0.4 is 10.1 Å². The Morgan fingerprint density at radius 1 is 1.17 bits per heavy atom. The van der Waals surface area contributed by atoms with Gasteiger partial charge in [0, 0.05) is 19.6 Å². The Kier molecular flexibility index (Phi) is 5.85. The molecule has 1 aliphatic heterocycles. The van der Waals surface area contributed by atoms with Crippen LogP contribution in [0.5, 0.6) is 5.75 Å². The van der Waals surface area contributed by atoms with Crippen molar-refractivity contribution in [1.82, 2.24) is 19.6 Å². The summed E-state index contributed by atoms with van der Waals surface area (Å²) in [4.78, 5) is 16.6. The van der Waals surface area contributed by atoms with Crippen LogP contribution in [0.3, 0.4) is 0 Å². The van der Waals surface area contributed by atoms with Crippen molar-refractivity contribution in [1.29, 1.82) is 0 Å². The average molecular weight is 411 g/mol. The van der Waals surface area contributed by atoms with Crippen molar-refractivity contribution < 1.29 is 13.9 Å². The number of rotatable bonds is 6. The maximum absolute atomic E-state index is 13.4. The van der Waals surface area contributed by atoms with Gasteiger partial charge in [0.05, 0.1) is 16.6 Å². The minimum Gasteiger partial charge on any atom is -0.491 e. The van der Waals surface area contributed by atoms with Crippen LogP contribution in [0.15, 0.2) is 42.5 Å². The summed E-state index contributed by atoms with van der Waals surface area (Å²) in [5.41, 5.74) is 1.48. The summed E-state index contributed by atoms with van der Waals surface area (Å²) >= 11 is 0. The number of nitrogens with zero attached hydrogens (tertiary/aromatic N) is 4. The first kappa shape index (κ1) is 20.2. The highest BCUT2D eigenvalue weighted by atomic mass is 19.1. The number of carbonyl (C=O) groups is 1. The molecular weight excluding hydrogens is 385 g/mol. The molecule has 158 valence electrons. The van der Waals surface area contributed by atoms with Gasteiger partial charge in [0.2, 0.25) is 0 Å². The molecule has 0 atom stereocenters. The van der Waals surface area contributed by atoms with E-state index < -0.39 is 0 Å². The van der Waals surface area contributed by atoms with Gasteiger partial charge in [0.25, 0.3) is 0 Å². The second-order valence-corrected chi connectivity index (χ2v) is 7.66. The number of halogens is 1. The van der Waals surface area contributed by atoms with E-state index in [0.717, 1.165) is 43.4 Å². The standard InChI is InChI=1S/C22H26FN5O2/c1-26(2)14-15-30-19-7-5-6-18-20(19)21(24-22(29)27-12-3-4-13-27)25-28(18)17-10-8-16(23)9-11-17/h5-11H,3-4,12-15H2,1-2H3,(H,24,25,29). The van der Waals surface area contributed by atoms with Crippen molar-refractivity contribution in [3.8, 4) is 11.4 Å². The SMILES string of the molecule is CN(C)CCOc1cccc2c1c(NC(=O)N1CCCC1)nn2-c1ccc(F)cc1. The highest BCUT2D eigenvalue weighted by Crippen LogP contribution is 2.34. The summed E-state index contributed by atoms with van der Waals surface area (Å²) < 4.78 is 21.1. The van der Waals surface area contributed by atoms with Crippen LogP contribution in [0, 0.1) is 5.82 Å². The number of hydrogen-bond donors (Lipinski definition) is 1. The highest BCUT2D eigenvalue weighted by molar-refractivity contribution is 6.02. The Hall–Kier alpha value is -3.13. The minimum atomic E-state index is -0.314. The molecule has 3 aromatic rings. The van der Waals surface area contributed by atoms with E-state index in [9.17, 15) is 9.18 Å². The highest BCUT2D eigenvalue weighted by Gasteiger charge is 2.22. The van der Waals surface area contributed by atoms with E-state index in [4.69, 9.17) is 4.74 Å². The molecular formula is C22H26FN5O2. The first-order chi connectivity index (χ1) is 14.5. The van der Waals surface area contributed by atoms with Crippen LogP contribution in [0.4, 0.5) is 15.0 Å². The molecule has 2 heterocycles. The predicted molar refractivity (Wildman–Crippen MR) is 115 cm³/mol. The van der Waals surface area contributed by atoms with Crippen LogP contribution in [0.2, 0.25) is 0 Å². The van der Waals surface area contributed by atoms with E-state index in [1.54, 1.807) is 21.7 Å². The summed E-state index contributed by atoms with van der Waals surface area (Å²) in [6, 6.07) is 11.6. The maximum Gasteiger partial charge on any atom is 0.323 e. The number of urea groups is 1. The van der Waals surface area contributed by atoms with Gasteiger partial charge in [-0.05, 0) is 63.3 Å². The summed E-state index contributed by atoms with van der Waals surface area (Å²) in [5, 5.41) is 8.34. The van der Waals surface area contributed by atoms with E-state index >= 15 is 0 Å². The zero-order valence-corrected chi connectivity index (χ0v) is 17.3. The van der Waals surface area contributed by atoms with Crippen molar-refractivity contribution in [2.24, 2.45) is 0 Å². The lowest BCUT2D eigenvalue weighted by Crippen LogP contribution is -2.32. The Labute approximate surface area is 175 Å². The van der Waals surface area contributed by atoms with Gasteiger partial charge in [0.15, 0.2) is 5.82 Å². The quantitative estimate of drug-likeness (QED) is 0.671. The molecule has 4 rings (SSSR count). The molecule has 7 nitrogen and oxygen atoms in total. The Bertz CT molecular complexity index is 1030. The molecule has 2 aromatic carbocycles. The fourth-order valence-corrected chi connectivity index (χ4v) is 3.56. The van der Waals surface area contributed by atoms with Gasteiger partial charge < -0.3 is 14.5 Å². The number of aromatic nitrogens is 2. The zero-order valence-electron chi connectivity index (χ0n) is 17.3. The number of carbonyl (C=O) groups excluding carboxylic acids is 1. The number of likely N-dealkylation sites (N-methyl/N-ethyl adjacent to an activating group) is 1. The fraction of sp³-hybridized carbons (Fsp3) is 0.364. The molecule has 1 aromatic heterocycles. The maximum atomic E-state index is 13.4. The first-order valence-corrected chi connectivity index (χ1v) is 10.1. The Morgan fingerprint density at radius 2 is 1.90 bits per heavy atom. The van der Waals surface area contributed by atoms with Crippen molar-refractivity contribution in [2.45, 2.75) is 12.8 Å². The molecule has 1 saturated heterocycles. The van der Waals surface area contributed by atoms with Gasteiger partial charge in [0.1, 0.15) is 18.2 Å². The van der Waals surface area contributed by atoms with Crippen molar-refractivity contribution in [3.05, 3.63) is 48.3 Å². The second-order valence-electron chi connectivity index (χ2n) is 7.66. The number of amides is 2. The van der Waals surface area contributed by atoms with Crippen molar-refractivity contribution in [3.63, 3.8) is 0 Å². The number of anilines is 1.